The summed E-state index contributed by atoms with van der Waals surface area (Å²) in [5.74, 6) is -0.0819. The lowest BCUT2D eigenvalue weighted by Crippen LogP contribution is -2.31. The molecule has 0 spiro atoms. The van der Waals surface area contributed by atoms with E-state index in [1.807, 2.05) is 73.9 Å². The zero-order valence-electron chi connectivity index (χ0n) is 16.0. The minimum Gasteiger partial charge on any atom is -0.354 e. The Hall–Kier alpha value is -3.08. The molecule has 140 valence electrons. The molecule has 2 N–H and O–H groups in total. The van der Waals surface area contributed by atoms with Crippen molar-refractivity contribution in [3.05, 3.63) is 65.9 Å². The first-order valence-electron chi connectivity index (χ1n) is 9.15. The molecule has 1 aromatic heterocycles. The standard InChI is InChI=1S/C22H25N3O2/c1-15(2)23-21(26)13-17-8-10-19(11-9-17)24-22(27)14-25-16(3)12-18-6-4-5-7-20(18)25/h4-12,15H,13-14H2,1-3H3,(H,23,26)(H,24,27). The van der Waals surface area contributed by atoms with E-state index in [1.54, 1.807) is 0 Å². The molecule has 2 amide bonds. The van der Waals surface area contributed by atoms with E-state index < -0.39 is 0 Å². The van der Waals surface area contributed by atoms with Crippen LogP contribution in [0.3, 0.4) is 0 Å². The van der Waals surface area contributed by atoms with Gasteiger partial charge < -0.3 is 15.2 Å². The SMILES string of the molecule is Cc1cc2ccccc2n1CC(=O)Nc1ccc(CC(=O)NC(C)C)cc1. The van der Waals surface area contributed by atoms with E-state index in [2.05, 4.69) is 16.7 Å². The molecule has 27 heavy (non-hydrogen) atoms. The third kappa shape index (κ3) is 4.76. The van der Waals surface area contributed by atoms with Crippen molar-refractivity contribution >= 4 is 28.4 Å². The van der Waals surface area contributed by atoms with Gasteiger partial charge in [-0.05, 0) is 56.0 Å². The Morgan fingerprint density at radius 3 is 2.41 bits per heavy atom. The van der Waals surface area contributed by atoms with E-state index >= 15 is 0 Å². The van der Waals surface area contributed by atoms with Gasteiger partial charge in [0.2, 0.25) is 11.8 Å². The Bertz CT molecular complexity index is 955. The summed E-state index contributed by atoms with van der Waals surface area (Å²) in [5, 5.41) is 6.93. The van der Waals surface area contributed by atoms with Crippen molar-refractivity contribution in [3.8, 4) is 0 Å². The largest absolute Gasteiger partial charge is 0.354 e. The molecule has 0 atom stereocenters. The number of nitrogens with one attached hydrogen (secondary N) is 2. The molecular formula is C22H25N3O2. The van der Waals surface area contributed by atoms with Crippen LogP contribution in [0.25, 0.3) is 10.9 Å². The molecule has 0 bridgehead atoms. The summed E-state index contributed by atoms with van der Waals surface area (Å²) >= 11 is 0. The quantitative estimate of drug-likeness (QED) is 0.702. The Morgan fingerprint density at radius 2 is 1.70 bits per heavy atom. The number of aryl methyl sites for hydroxylation is 1. The zero-order chi connectivity index (χ0) is 19.4. The zero-order valence-corrected chi connectivity index (χ0v) is 16.0. The highest BCUT2D eigenvalue weighted by atomic mass is 16.2. The molecule has 5 nitrogen and oxygen atoms in total. The van der Waals surface area contributed by atoms with Crippen molar-refractivity contribution in [2.75, 3.05) is 5.32 Å². The van der Waals surface area contributed by atoms with Gasteiger partial charge >= 0.3 is 0 Å². The van der Waals surface area contributed by atoms with Crippen LogP contribution in [0.15, 0.2) is 54.6 Å². The molecule has 0 saturated carbocycles. The van der Waals surface area contributed by atoms with Gasteiger partial charge in [0, 0.05) is 22.9 Å². The van der Waals surface area contributed by atoms with Gasteiger partial charge in [-0.25, -0.2) is 0 Å². The summed E-state index contributed by atoms with van der Waals surface area (Å²) in [7, 11) is 0. The van der Waals surface area contributed by atoms with Crippen LogP contribution < -0.4 is 10.6 Å². The molecule has 0 saturated heterocycles. The Morgan fingerprint density at radius 1 is 1.00 bits per heavy atom. The van der Waals surface area contributed by atoms with Gasteiger partial charge in [-0.3, -0.25) is 9.59 Å². The number of carbonyl (C=O) groups is 2. The summed E-state index contributed by atoms with van der Waals surface area (Å²) in [5.41, 5.74) is 3.75. The minimum atomic E-state index is -0.0789. The summed E-state index contributed by atoms with van der Waals surface area (Å²) < 4.78 is 2.01. The van der Waals surface area contributed by atoms with Crippen LogP contribution in [-0.4, -0.2) is 22.4 Å². The third-order valence-electron chi connectivity index (χ3n) is 4.37. The monoisotopic (exact) mass is 363 g/mol. The Labute approximate surface area is 159 Å². The fourth-order valence-corrected chi connectivity index (χ4v) is 3.17. The summed E-state index contributed by atoms with van der Waals surface area (Å²) in [6.07, 6.45) is 0.334. The lowest BCUT2D eigenvalue weighted by Gasteiger charge is -2.11. The fraction of sp³-hybridized carbons (Fsp3) is 0.273. The van der Waals surface area contributed by atoms with Crippen LogP contribution >= 0.6 is 0 Å². The summed E-state index contributed by atoms with van der Waals surface area (Å²) in [4.78, 5) is 24.3. The van der Waals surface area contributed by atoms with Crippen LogP contribution in [0.1, 0.15) is 25.1 Å². The molecule has 0 radical (unpaired) electrons. The van der Waals surface area contributed by atoms with Crippen molar-refractivity contribution in [2.45, 2.75) is 39.8 Å². The molecule has 0 fully saturated rings. The number of benzene rings is 2. The molecule has 5 heteroatoms. The predicted octanol–water partition coefficient (Wildman–Crippen LogP) is 3.66. The lowest BCUT2D eigenvalue weighted by atomic mass is 10.1. The normalized spacial score (nSPS) is 11.0. The molecule has 0 aliphatic rings. The second kappa shape index (κ2) is 8.08. The van der Waals surface area contributed by atoms with Crippen LogP contribution in [0, 0.1) is 6.92 Å². The van der Waals surface area contributed by atoms with E-state index in [0.29, 0.717) is 6.42 Å². The van der Waals surface area contributed by atoms with Crippen molar-refractivity contribution in [3.63, 3.8) is 0 Å². The number of hydrogen-bond acceptors (Lipinski definition) is 2. The van der Waals surface area contributed by atoms with Crippen molar-refractivity contribution < 1.29 is 9.59 Å². The third-order valence-corrected chi connectivity index (χ3v) is 4.37. The van der Waals surface area contributed by atoms with E-state index in [4.69, 9.17) is 0 Å². The topological polar surface area (TPSA) is 63.1 Å². The van der Waals surface area contributed by atoms with Crippen LogP contribution in [0.5, 0.6) is 0 Å². The molecule has 0 unspecified atom stereocenters. The van der Waals surface area contributed by atoms with Gasteiger partial charge in [0.15, 0.2) is 0 Å². The molecule has 0 aliphatic carbocycles. The fourth-order valence-electron chi connectivity index (χ4n) is 3.17. The Balaban J connectivity index is 1.62. The second-order valence-electron chi connectivity index (χ2n) is 7.07. The molecular weight excluding hydrogens is 338 g/mol. The highest BCUT2D eigenvalue weighted by Crippen LogP contribution is 2.19. The number of aromatic nitrogens is 1. The Kier molecular flexibility index (Phi) is 5.60. The highest BCUT2D eigenvalue weighted by molar-refractivity contribution is 5.92. The van der Waals surface area contributed by atoms with Gasteiger partial charge in [0.05, 0.1) is 6.42 Å². The number of nitrogens with zero attached hydrogens (tertiary/aromatic N) is 1. The van der Waals surface area contributed by atoms with Gasteiger partial charge in [-0.1, -0.05) is 30.3 Å². The molecule has 2 aromatic carbocycles. The van der Waals surface area contributed by atoms with Crippen LogP contribution in [0.4, 0.5) is 5.69 Å². The van der Waals surface area contributed by atoms with Crippen LogP contribution in [-0.2, 0) is 22.6 Å². The maximum Gasteiger partial charge on any atom is 0.244 e. The first-order valence-corrected chi connectivity index (χ1v) is 9.15. The van der Waals surface area contributed by atoms with E-state index in [-0.39, 0.29) is 24.4 Å². The van der Waals surface area contributed by atoms with E-state index in [1.165, 1.54) is 0 Å². The lowest BCUT2D eigenvalue weighted by molar-refractivity contribution is -0.121. The average molecular weight is 363 g/mol. The molecule has 0 aliphatic heterocycles. The highest BCUT2D eigenvalue weighted by Gasteiger charge is 2.10. The number of amides is 2. The van der Waals surface area contributed by atoms with Crippen molar-refractivity contribution in [1.29, 1.82) is 0 Å². The number of rotatable bonds is 6. The summed E-state index contributed by atoms with van der Waals surface area (Å²) in [6.45, 7) is 6.14. The smallest absolute Gasteiger partial charge is 0.244 e. The molecule has 3 aromatic rings. The predicted molar refractivity (Wildman–Crippen MR) is 109 cm³/mol. The van der Waals surface area contributed by atoms with E-state index in [9.17, 15) is 9.59 Å². The number of para-hydroxylation sites is 1. The van der Waals surface area contributed by atoms with Gasteiger partial charge in [0.25, 0.3) is 0 Å². The minimum absolute atomic E-state index is 0.00301. The summed E-state index contributed by atoms with van der Waals surface area (Å²) in [6, 6.07) is 17.6. The molecule has 3 rings (SSSR count). The van der Waals surface area contributed by atoms with Crippen molar-refractivity contribution in [1.82, 2.24) is 9.88 Å². The maximum atomic E-state index is 12.5. The van der Waals surface area contributed by atoms with Gasteiger partial charge in [-0.15, -0.1) is 0 Å². The maximum absolute atomic E-state index is 12.5. The van der Waals surface area contributed by atoms with E-state index in [0.717, 1.165) is 27.8 Å². The molecule has 1 heterocycles. The van der Waals surface area contributed by atoms with Crippen LogP contribution in [0.2, 0.25) is 0 Å². The van der Waals surface area contributed by atoms with Gasteiger partial charge in [-0.2, -0.15) is 0 Å². The number of hydrogen-bond donors (Lipinski definition) is 2. The second-order valence-corrected chi connectivity index (χ2v) is 7.07. The van der Waals surface area contributed by atoms with Crippen molar-refractivity contribution in [2.24, 2.45) is 0 Å². The average Bonchev–Trinajstić information content (AvgIpc) is 2.91. The number of fused-ring (bicyclic) bond motifs is 1. The first-order chi connectivity index (χ1) is 12.9. The number of anilines is 1. The first kappa shape index (κ1) is 18.7. The number of carbonyl (C=O) groups excluding carboxylic acids is 2. The van der Waals surface area contributed by atoms with Gasteiger partial charge in [0.1, 0.15) is 6.54 Å².